The van der Waals surface area contributed by atoms with E-state index in [4.69, 9.17) is 4.74 Å². The summed E-state index contributed by atoms with van der Waals surface area (Å²) >= 11 is 0. The second kappa shape index (κ2) is 5.09. The summed E-state index contributed by atoms with van der Waals surface area (Å²) < 4.78 is 5.31. The van der Waals surface area contributed by atoms with Crippen molar-refractivity contribution < 1.29 is 9.66 Å². The van der Waals surface area contributed by atoms with Crippen LogP contribution >= 0.6 is 0 Å². The highest BCUT2D eigenvalue weighted by Crippen LogP contribution is 2.26. The molecule has 0 spiro atoms. The zero-order valence-corrected chi connectivity index (χ0v) is 9.63. The van der Waals surface area contributed by atoms with Crippen molar-refractivity contribution in [2.45, 2.75) is 19.4 Å². The SMILES string of the molecule is CC(Nc1ccncc1[N+](=O)[O-])C1CCOC1. The summed E-state index contributed by atoms with van der Waals surface area (Å²) in [5, 5.41) is 14.0. The second-order valence-corrected chi connectivity index (χ2v) is 4.21. The van der Waals surface area contributed by atoms with Crippen molar-refractivity contribution in [2.75, 3.05) is 18.5 Å². The molecule has 0 saturated carbocycles. The predicted molar refractivity (Wildman–Crippen MR) is 62.9 cm³/mol. The molecule has 1 N–H and O–H groups in total. The van der Waals surface area contributed by atoms with Gasteiger partial charge in [0.1, 0.15) is 11.9 Å². The van der Waals surface area contributed by atoms with Crippen LogP contribution < -0.4 is 5.32 Å². The first-order valence-electron chi connectivity index (χ1n) is 5.61. The molecule has 1 aliphatic heterocycles. The fraction of sp³-hybridized carbons (Fsp3) is 0.545. The van der Waals surface area contributed by atoms with Gasteiger partial charge in [-0.1, -0.05) is 0 Å². The van der Waals surface area contributed by atoms with Crippen LogP contribution in [0.15, 0.2) is 18.5 Å². The van der Waals surface area contributed by atoms with E-state index < -0.39 is 4.92 Å². The van der Waals surface area contributed by atoms with Crippen LogP contribution in [0.5, 0.6) is 0 Å². The van der Waals surface area contributed by atoms with Crippen LogP contribution in [0.4, 0.5) is 11.4 Å². The molecule has 92 valence electrons. The van der Waals surface area contributed by atoms with Gasteiger partial charge < -0.3 is 10.1 Å². The van der Waals surface area contributed by atoms with Crippen molar-refractivity contribution in [1.29, 1.82) is 0 Å². The van der Waals surface area contributed by atoms with Gasteiger partial charge in [0.05, 0.1) is 11.5 Å². The molecule has 0 aliphatic carbocycles. The van der Waals surface area contributed by atoms with Crippen LogP contribution in [0.3, 0.4) is 0 Å². The minimum Gasteiger partial charge on any atom is -0.381 e. The van der Waals surface area contributed by atoms with Crippen molar-refractivity contribution >= 4 is 11.4 Å². The minimum atomic E-state index is -0.423. The Morgan fingerprint density at radius 2 is 2.53 bits per heavy atom. The number of hydrogen-bond acceptors (Lipinski definition) is 5. The Morgan fingerprint density at radius 3 is 3.18 bits per heavy atom. The Kier molecular flexibility index (Phi) is 3.53. The van der Waals surface area contributed by atoms with Crippen molar-refractivity contribution in [3.8, 4) is 0 Å². The van der Waals surface area contributed by atoms with Gasteiger partial charge in [0.25, 0.3) is 0 Å². The summed E-state index contributed by atoms with van der Waals surface area (Å²) in [4.78, 5) is 14.2. The highest BCUT2D eigenvalue weighted by atomic mass is 16.6. The van der Waals surface area contributed by atoms with Crippen molar-refractivity contribution in [3.05, 3.63) is 28.6 Å². The Balaban J connectivity index is 2.09. The average Bonchev–Trinajstić information content (AvgIpc) is 2.83. The summed E-state index contributed by atoms with van der Waals surface area (Å²) in [5.41, 5.74) is 0.530. The van der Waals surface area contributed by atoms with E-state index in [0.29, 0.717) is 18.2 Å². The van der Waals surface area contributed by atoms with Crippen molar-refractivity contribution in [1.82, 2.24) is 4.98 Å². The number of nitrogens with one attached hydrogen (secondary N) is 1. The van der Waals surface area contributed by atoms with Gasteiger partial charge in [-0.05, 0) is 19.4 Å². The molecule has 0 aromatic carbocycles. The number of rotatable bonds is 4. The van der Waals surface area contributed by atoms with E-state index in [0.717, 1.165) is 13.0 Å². The first-order chi connectivity index (χ1) is 8.18. The van der Waals surface area contributed by atoms with Crippen LogP contribution in [-0.4, -0.2) is 29.2 Å². The van der Waals surface area contributed by atoms with Gasteiger partial charge in [0.2, 0.25) is 0 Å². The summed E-state index contributed by atoms with van der Waals surface area (Å²) in [5.74, 6) is 0.405. The maximum atomic E-state index is 10.8. The third-order valence-corrected chi connectivity index (χ3v) is 3.05. The summed E-state index contributed by atoms with van der Waals surface area (Å²) in [6, 6.07) is 1.78. The molecule has 1 aromatic rings. The lowest BCUT2D eigenvalue weighted by Crippen LogP contribution is -2.26. The molecule has 2 unspecified atom stereocenters. The fourth-order valence-corrected chi connectivity index (χ4v) is 1.96. The number of aromatic nitrogens is 1. The number of ether oxygens (including phenoxy) is 1. The van der Waals surface area contributed by atoms with E-state index >= 15 is 0 Å². The van der Waals surface area contributed by atoms with Crippen LogP contribution in [0.2, 0.25) is 0 Å². The third kappa shape index (κ3) is 2.71. The van der Waals surface area contributed by atoms with E-state index in [1.807, 2.05) is 6.92 Å². The number of anilines is 1. The lowest BCUT2D eigenvalue weighted by atomic mass is 10.0. The molecule has 1 aromatic heterocycles. The normalized spacial score (nSPS) is 21.1. The van der Waals surface area contributed by atoms with Gasteiger partial charge in [-0.3, -0.25) is 15.1 Å². The Hall–Kier alpha value is -1.69. The first kappa shape index (κ1) is 11.8. The molecule has 17 heavy (non-hydrogen) atoms. The average molecular weight is 237 g/mol. The molecular weight excluding hydrogens is 222 g/mol. The molecule has 1 aliphatic rings. The molecule has 0 radical (unpaired) electrons. The molecule has 0 amide bonds. The molecule has 6 heteroatoms. The third-order valence-electron chi connectivity index (χ3n) is 3.05. The van der Waals surface area contributed by atoms with Gasteiger partial charge in [-0.2, -0.15) is 0 Å². The monoisotopic (exact) mass is 237 g/mol. The van der Waals surface area contributed by atoms with Crippen LogP contribution in [0, 0.1) is 16.0 Å². The van der Waals surface area contributed by atoms with Crippen molar-refractivity contribution in [2.24, 2.45) is 5.92 Å². The van der Waals surface area contributed by atoms with Crippen molar-refractivity contribution in [3.63, 3.8) is 0 Å². The lowest BCUT2D eigenvalue weighted by molar-refractivity contribution is -0.384. The number of hydrogen-bond donors (Lipinski definition) is 1. The second-order valence-electron chi connectivity index (χ2n) is 4.21. The highest BCUT2D eigenvalue weighted by Gasteiger charge is 2.24. The lowest BCUT2D eigenvalue weighted by Gasteiger charge is -2.20. The summed E-state index contributed by atoms with van der Waals surface area (Å²) in [6.07, 6.45) is 3.81. The maximum absolute atomic E-state index is 10.8. The highest BCUT2D eigenvalue weighted by molar-refractivity contribution is 5.60. The van der Waals surface area contributed by atoms with Gasteiger partial charge in [-0.15, -0.1) is 0 Å². The molecule has 2 atom stereocenters. The standard InChI is InChI=1S/C11H15N3O3/c1-8(9-3-5-17-7-9)13-10-2-4-12-6-11(10)14(15)16/h2,4,6,8-9H,3,5,7H2,1H3,(H,12,13). The van der Waals surface area contributed by atoms with E-state index in [9.17, 15) is 10.1 Å². The minimum absolute atomic E-state index is 0.0123. The molecule has 6 nitrogen and oxygen atoms in total. The van der Waals surface area contributed by atoms with E-state index in [1.54, 1.807) is 12.3 Å². The predicted octanol–water partition coefficient (Wildman–Crippen LogP) is 1.83. The fourth-order valence-electron chi connectivity index (χ4n) is 1.96. The Bertz CT molecular complexity index is 405. The van der Waals surface area contributed by atoms with Gasteiger partial charge in [-0.25, -0.2) is 0 Å². The zero-order valence-electron chi connectivity index (χ0n) is 9.63. The molecular formula is C11H15N3O3. The molecule has 2 heterocycles. The van der Waals surface area contributed by atoms with Gasteiger partial charge >= 0.3 is 5.69 Å². The van der Waals surface area contributed by atoms with Gasteiger partial charge in [0.15, 0.2) is 0 Å². The van der Waals surface area contributed by atoms with Crippen LogP contribution in [-0.2, 0) is 4.74 Å². The number of nitro groups is 1. The van der Waals surface area contributed by atoms with Gasteiger partial charge in [0, 0.05) is 24.8 Å². The molecule has 2 rings (SSSR count). The number of pyridine rings is 1. The topological polar surface area (TPSA) is 77.3 Å². The Morgan fingerprint density at radius 1 is 1.71 bits per heavy atom. The maximum Gasteiger partial charge on any atom is 0.310 e. The molecule has 1 fully saturated rings. The molecule has 1 saturated heterocycles. The van der Waals surface area contributed by atoms with E-state index in [-0.39, 0.29) is 11.7 Å². The summed E-state index contributed by atoms with van der Waals surface area (Å²) in [6.45, 7) is 3.51. The first-order valence-corrected chi connectivity index (χ1v) is 5.61. The summed E-state index contributed by atoms with van der Waals surface area (Å²) in [7, 11) is 0. The van der Waals surface area contributed by atoms with Crippen LogP contribution in [0.1, 0.15) is 13.3 Å². The van der Waals surface area contributed by atoms with E-state index in [2.05, 4.69) is 10.3 Å². The largest absolute Gasteiger partial charge is 0.381 e. The zero-order chi connectivity index (χ0) is 12.3. The molecule has 0 bridgehead atoms. The number of nitrogens with zero attached hydrogens (tertiary/aromatic N) is 2. The smallest absolute Gasteiger partial charge is 0.310 e. The van der Waals surface area contributed by atoms with E-state index in [1.165, 1.54) is 6.20 Å². The van der Waals surface area contributed by atoms with Crippen LogP contribution in [0.25, 0.3) is 0 Å². The quantitative estimate of drug-likeness (QED) is 0.638. The Labute approximate surface area is 99.2 Å².